The van der Waals surface area contributed by atoms with Gasteiger partial charge >= 0.3 is 6.18 Å². The molecular weight excluding hydrogens is 333 g/mol. The third kappa shape index (κ3) is 3.50. The number of aromatic nitrogens is 1. The molecule has 2 rings (SSSR count). The second kappa shape index (κ2) is 5.83. The smallest absolute Gasteiger partial charge is 0.378 e. The van der Waals surface area contributed by atoms with Gasteiger partial charge in [0.2, 0.25) is 0 Å². The number of aryl methyl sites for hydroxylation is 1. The van der Waals surface area contributed by atoms with Crippen LogP contribution in [0.1, 0.15) is 16.8 Å². The molecule has 0 aliphatic heterocycles. The van der Waals surface area contributed by atoms with Gasteiger partial charge in [-0.2, -0.15) is 13.2 Å². The molecule has 0 saturated carbocycles. The van der Waals surface area contributed by atoms with Crippen molar-refractivity contribution in [2.24, 2.45) is 0 Å². The average molecular weight is 345 g/mol. The SMILES string of the molecule is Cc1cccnc1CNc1cc(C(F)(F)F)ccc1Br. The van der Waals surface area contributed by atoms with Crippen LogP contribution in [-0.2, 0) is 12.7 Å². The Balaban J connectivity index is 2.19. The van der Waals surface area contributed by atoms with Gasteiger partial charge in [0, 0.05) is 16.4 Å². The monoisotopic (exact) mass is 344 g/mol. The summed E-state index contributed by atoms with van der Waals surface area (Å²) in [6.07, 6.45) is -2.69. The molecule has 1 aromatic carbocycles. The molecule has 0 saturated heterocycles. The largest absolute Gasteiger partial charge is 0.416 e. The number of alkyl halides is 3. The van der Waals surface area contributed by atoms with Crippen molar-refractivity contribution >= 4 is 21.6 Å². The summed E-state index contributed by atoms with van der Waals surface area (Å²) in [5.74, 6) is 0. The standard InChI is InChI=1S/C14H12BrF3N2/c1-9-3-2-6-19-13(9)8-20-12-7-10(14(16,17)18)4-5-11(12)15/h2-7,20H,8H2,1H3. The van der Waals surface area contributed by atoms with E-state index in [4.69, 9.17) is 0 Å². The van der Waals surface area contributed by atoms with E-state index in [0.29, 0.717) is 16.7 Å². The van der Waals surface area contributed by atoms with E-state index < -0.39 is 11.7 Å². The van der Waals surface area contributed by atoms with Crippen LogP contribution >= 0.6 is 15.9 Å². The Morgan fingerprint density at radius 1 is 1.25 bits per heavy atom. The molecule has 2 nitrogen and oxygen atoms in total. The number of rotatable bonds is 3. The molecule has 2 aromatic rings. The normalized spacial score (nSPS) is 11.4. The molecule has 20 heavy (non-hydrogen) atoms. The van der Waals surface area contributed by atoms with Gasteiger partial charge in [0.15, 0.2) is 0 Å². The summed E-state index contributed by atoms with van der Waals surface area (Å²) < 4.78 is 38.6. The molecule has 6 heteroatoms. The minimum Gasteiger partial charge on any atom is -0.378 e. The fraction of sp³-hybridized carbons (Fsp3) is 0.214. The summed E-state index contributed by atoms with van der Waals surface area (Å²) in [4.78, 5) is 4.19. The molecule has 1 aromatic heterocycles. The van der Waals surface area contributed by atoms with Gasteiger partial charge in [0.25, 0.3) is 0 Å². The van der Waals surface area contributed by atoms with Gasteiger partial charge in [-0.3, -0.25) is 4.98 Å². The van der Waals surface area contributed by atoms with Crippen molar-refractivity contribution in [1.29, 1.82) is 0 Å². The van der Waals surface area contributed by atoms with Gasteiger partial charge in [-0.25, -0.2) is 0 Å². The van der Waals surface area contributed by atoms with E-state index >= 15 is 0 Å². The van der Waals surface area contributed by atoms with Gasteiger partial charge in [-0.1, -0.05) is 6.07 Å². The topological polar surface area (TPSA) is 24.9 Å². The zero-order valence-corrected chi connectivity index (χ0v) is 12.2. The molecule has 0 spiro atoms. The second-order valence-electron chi connectivity index (χ2n) is 4.31. The van der Waals surface area contributed by atoms with Crippen LogP contribution in [-0.4, -0.2) is 4.98 Å². The van der Waals surface area contributed by atoms with Gasteiger partial charge in [0.1, 0.15) is 0 Å². The molecule has 0 amide bonds. The minimum absolute atomic E-state index is 0.368. The highest BCUT2D eigenvalue weighted by Gasteiger charge is 2.30. The number of halogens is 4. The Kier molecular flexibility index (Phi) is 4.32. The van der Waals surface area contributed by atoms with Gasteiger partial charge < -0.3 is 5.32 Å². The highest BCUT2D eigenvalue weighted by Crippen LogP contribution is 2.34. The zero-order chi connectivity index (χ0) is 14.8. The first-order valence-corrected chi connectivity index (χ1v) is 6.68. The molecule has 0 radical (unpaired) electrons. The van der Waals surface area contributed by atoms with Crippen LogP contribution < -0.4 is 5.32 Å². The highest BCUT2D eigenvalue weighted by atomic mass is 79.9. The molecule has 0 unspecified atom stereocenters. The van der Waals surface area contributed by atoms with E-state index in [0.717, 1.165) is 23.4 Å². The fourth-order valence-corrected chi connectivity index (χ4v) is 2.11. The molecule has 0 aliphatic carbocycles. The second-order valence-corrected chi connectivity index (χ2v) is 5.17. The van der Waals surface area contributed by atoms with Gasteiger partial charge in [-0.15, -0.1) is 0 Å². The summed E-state index contributed by atoms with van der Waals surface area (Å²) in [5.41, 5.74) is 1.51. The Bertz CT molecular complexity index is 612. The van der Waals surface area contributed by atoms with E-state index in [-0.39, 0.29) is 0 Å². The number of nitrogens with one attached hydrogen (secondary N) is 1. The first-order chi connectivity index (χ1) is 9.38. The summed E-state index contributed by atoms with van der Waals surface area (Å²) in [7, 11) is 0. The lowest BCUT2D eigenvalue weighted by atomic mass is 10.2. The van der Waals surface area contributed by atoms with Crippen molar-refractivity contribution in [3.05, 3.63) is 57.8 Å². The van der Waals surface area contributed by atoms with E-state index in [9.17, 15) is 13.2 Å². The lowest BCUT2D eigenvalue weighted by Gasteiger charge is -2.13. The maximum absolute atomic E-state index is 12.7. The van der Waals surface area contributed by atoms with Gasteiger partial charge in [-0.05, 0) is 52.7 Å². The van der Waals surface area contributed by atoms with Crippen LogP contribution in [0.4, 0.5) is 18.9 Å². The van der Waals surface area contributed by atoms with E-state index in [1.807, 2.05) is 19.1 Å². The van der Waals surface area contributed by atoms with Crippen LogP contribution in [0.2, 0.25) is 0 Å². The predicted octanol–water partition coefficient (Wildman–Crippen LogP) is 4.78. The van der Waals surface area contributed by atoms with Crippen molar-refractivity contribution in [1.82, 2.24) is 4.98 Å². The first kappa shape index (κ1) is 14.8. The van der Waals surface area contributed by atoms with E-state index in [1.54, 1.807) is 6.20 Å². The number of hydrogen-bond donors (Lipinski definition) is 1. The van der Waals surface area contributed by atoms with Crippen LogP contribution in [0, 0.1) is 6.92 Å². The van der Waals surface area contributed by atoms with Crippen molar-refractivity contribution in [2.75, 3.05) is 5.32 Å². The number of pyridine rings is 1. The molecular formula is C14H12BrF3N2. The number of anilines is 1. The predicted molar refractivity (Wildman–Crippen MR) is 75.4 cm³/mol. The Morgan fingerprint density at radius 3 is 2.65 bits per heavy atom. The summed E-state index contributed by atoms with van der Waals surface area (Å²) in [5, 5.41) is 2.97. The molecule has 0 aliphatic rings. The number of benzene rings is 1. The Labute approximate surface area is 123 Å². The average Bonchev–Trinajstić information content (AvgIpc) is 2.38. The summed E-state index contributed by atoms with van der Waals surface area (Å²) >= 11 is 3.24. The number of nitrogens with zero attached hydrogens (tertiary/aromatic N) is 1. The summed E-state index contributed by atoms with van der Waals surface area (Å²) in [6, 6.07) is 7.24. The first-order valence-electron chi connectivity index (χ1n) is 5.89. The molecule has 0 atom stereocenters. The maximum Gasteiger partial charge on any atom is 0.416 e. The molecule has 1 N–H and O–H groups in total. The molecule has 106 valence electrons. The Morgan fingerprint density at radius 2 is 2.00 bits per heavy atom. The molecule has 0 bridgehead atoms. The summed E-state index contributed by atoms with van der Waals surface area (Å²) in [6.45, 7) is 2.28. The van der Waals surface area contributed by atoms with Crippen molar-refractivity contribution in [3.8, 4) is 0 Å². The van der Waals surface area contributed by atoms with Gasteiger partial charge in [0.05, 0.1) is 17.8 Å². The van der Waals surface area contributed by atoms with Crippen molar-refractivity contribution in [2.45, 2.75) is 19.6 Å². The number of hydrogen-bond acceptors (Lipinski definition) is 2. The lowest BCUT2D eigenvalue weighted by Crippen LogP contribution is -2.08. The Hall–Kier alpha value is -1.56. The highest BCUT2D eigenvalue weighted by molar-refractivity contribution is 9.10. The maximum atomic E-state index is 12.7. The van der Waals surface area contributed by atoms with E-state index in [2.05, 4.69) is 26.2 Å². The molecule has 0 fully saturated rings. The van der Waals surface area contributed by atoms with Crippen molar-refractivity contribution in [3.63, 3.8) is 0 Å². The zero-order valence-electron chi connectivity index (χ0n) is 10.6. The lowest BCUT2D eigenvalue weighted by molar-refractivity contribution is -0.137. The van der Waals surface area contributed by atoms with Crippen LogP contribution in [0.15, 0.2) is 41.0 Å². The quantitative estimate of drug-likeness (QED) is 0.866. The third-order valence-corrected chi connectivity index (χ3v) is 3.55. The van der Waals surface area contributed by atoms with Crippen LogP contribution in [0.5, 0.6) is 0 Å². The van der Waals surface area contributed by atoms with Crippen LogP contribution in [0.25, 0.3) is 0 Å². The fourth-order valence-electron chi connectivity index (χ4n) is 1.72. The minimum atomic E-state index is -4.35. The third-order valence-electron chi connectivity index (χ3n) is 2.86. The molecule has 1 heterocycles. The van der Waals surface area contributed by atoms with Crippen molar-refractivity contribution < 1.29 is 13.2 Å². The van der Waals surface area contributed by atoms with Crippen LogP contribution in [0.3, 0.4) is 0 Å². The van der Waals surface area contributed by atoms with E-state index in [1.165, 1.54) is 6.07 Å².